The van der Waals surface area contributed by atoms with Gasteiger partial charge in [0, 0.05) is 30.9 Å². The van der Waals surface area contributed by atoms with E-state index in [2.05, 4.69) is 0 Å². The molecule has 0 fully saturated rings. The highest BCUT2D eigenvalue weighted by atomic mass is 32.2. The van der Waals surface area contributed by atoms with Crippen molar-refractivity contribution >= 4 is 21.6 Å². The van der Waals surface area contributed by atoms with E-state index in [1.165, 1.54) is 21.3 Å². The molecule has 2 aromatic rings. The van der Waals surface area contributed by atoms with Gasteiger partial charge in [0.05, 0.1) is 4.90 Å². The number of rotatable bonds is 5. The average Bonchev–Trinajstić information content (AvgIpc) is 2.69. The van der Waals surface area contributed by atoms with Gasteiger partial charge < -0.3 is 4.90 Å². The number of hydrogen-bond donors (Lipinski definition) is 0. The fourth-order valence-electron chi connectivity index (χ4n) is 3.44. The summed E-state index contributed by atoms with van der Waals surface area (Å²) in [5.74, 6) is -2.54. The van der Waals surface area contributed by atoms with Crippen LogP contribution in [0.4, 0.5) is 14.5 Å². The van der Waals surface area contributed by atoms with Gasteiger partial charge in [-0.1, -0.05) is 13.8 Å². The van der Waals surface area contributed by atoms with Crippen LogP contribution in [0.15, 0.2) is 41.3 Å². The Morgan fingerprint density at radius 2 is 1.79 bits per heavy atom. The van der Waals surface area contributed by atoms with Gasteiger partial charge >= 0.3 is 0 Å². The molecule has 150 valence electrons. The molecule has 28 heavy (non-hydrogen) atoms. The van der Waals surface area contributed by atoms with Crippen LogP contribution in [-0.2, 0) is 16.4 Å². The molecular weight excluding hydrogens is 386 g/mol. The van der Waals surface area contributed by atoms with Crippen molar-refractivity contribution in [2.24, 2.45) is 0 Å². The van der Waals surface area contributed by atoms with E-state index in [1.807, 2.05) is 0 Å². The summed E-state index contributed by atoms with van der Waals surface area (Å²) in [7, 11) is -3.60. The van der Waals surface area contributed by atoms with Crippen LogP contribution in [0, 0.1) is 11.6 Å². The van der Waals surface area contributed by atoms with Crippen LogP contribution < -0.4 is 4.90 Å². The van der Waals surface area contributed by atoms with E-state index in [0.717, 1.165) is 17.7 Å². The molecule has 1 aliphatic heterocycles. The second kappa shape index (κ2) is 7.97. The quantitative estimate of drug-likeness (QED) is 0.760. The largest absolute Gasteiger partial charge is 0.308 e. The Morgan fingerprint density at radius 1 is 1.07 bits per heavy atom. The van der Waals surface area contributed by atoms with Crippen LogP contribution in [0.25, 0.3) is 0 Å². The van der Waals surface area contributed by atoms with Crippen LogP contribution in [0.2, 0.25) is 0 Å². The number of fused-ring (bicyclic) bond motifs is 1. The van der Waals surface area contributed by atoms with Crippen molar-refractivity contribution in [3.8, 4) is 0 Å². The fraction of sp³-hybridized carbons (Fsp3) is 0.350. The number of carbonyl (C=O) groups excluding carboxylic acids is 1. The van der Waals surface area contributed by atoms with Gasteiger partial charge in [0.25, 0.3) is 5.91 Å². The number of benzene rings is 2. The molecule has 3 rings (SSSR count). The highest BCUT2D eigenvalue weighted by molar-refractivity contribution is 7.89. The second-order valence-corrected chi connectivity index (χ2v) is 8.51. The van der Waals surface area contributed by atoms with Gasteiger partial charge in [-0.15, -0.1) is 0 Å². The average molecular weight is 408 g/mol. The minimum absolute atomic E-state index is 0.0478. The van der Waals surface area contributed by atoms with Crippen LogP contribution in [0.3, 0.4) is 0 Å². The molecule has 0 atom stereocenters. The van der Waals surface area contributed by atoms with Gasteiger partial charge in [-0.25, -0.2) is 17.2 Å². The summed E-state index contributed by atoms with van der Waals surface area (Å²) in [4.78, 5) is 14.5. The fourth-order valence-corrected chi connectivity index (χ4v) is 4.95. The second-order valence-electron chi connectivity index (χ2n) is 6.57. The summed E-state index contributed by atoms with van der Waals surface area (Å²) in [6.07, 6.45) is 1.29. The molecule has 8 heteroatoms. The third kappa shape index (κ3) is 3.66. The van der Waals surface area contributed by atoms with E-state index in [4.69, 9.17) is 0 Å². The molecule has 0 aromatic heterocycles. The molecule has 0 radical (unpaired) electrons. The Labute approximate surface area is 163 Å². The zero-order valence-electron chi connectivity index (χ0n) is 15.8. The van der Waals surface area contributed by atoms with Crippen molar-refractivity contribution in [1.82, 2.24) is 4.31 Å². The number of anilines is 1. The lowest BCUT2D eigenvalue weighted by molar-refractivity contribution is 0.0984. The number of hydrogen-bond acceptors (Lipinski definition) is 3. The molecule has 0 saturated heterocycles. The first-order valence-electron chi connectivity index (χ1n) is 9.19. The Kier molecular flexibility index (Phi) is 5.81. The number of sulfonamides is 1. The van der Waals surface area contributed by atoms with E-state index in [-0.39, 0.29) is 10.5 Å². The lowest BCUT2D eigenvalue weighted by Crippen LogP contribution is -2.36. The molecule has 0 bridgehead atoms. The van der Waals surface area contributed by atoms with Gasteiger partial charge in [0.15, 0.2) is 11.6 Å². The van der Waals surface area contributed by atoms with Crippen molar-refractivity contribution in [2.45, 2.75) is 31.6 Å². The molecule has 0 unspecified atom stereocenters. The number of carbonyl (C=O) groups is 1. The highest BCUT2D eigenvalue weighted by Gasteiger charge is 2.27. The normalized spacial score (nSPS) is 14.2. The zero-order valence-corrected chi connectivity index (χ0v) is 16.6. The van der Waals surface area contributed by atoms with Crippen LogP contribution in [0.5, 0.6) is 0 Å². The van der Waals surface area contributed by atoms with Crippen molar-refractivity contribution in [3.63, 3.8) is 0 Å². The maximum atomic E-state index is 13.5. The Morgan fingerprint density at radius 3 is 2.43 bits per heavy atom. The van der Waals surface area contributed by atoms with Crippen molar-refractivity contribution in [2.75, 3.05) is 24.5 Å². The smallest absolute Gasteiger partial charge is 0.258 e. The van der Waals surface area contributed by atoms with E-state index >= 15 is 0 Å². The molecule has 0 spiro atoms. The van der Waals surface area contributed by atoms with Crippen LogP contribution >= 0.6 is 0 Å². The lowest BCUT2D eigenvalue weighted by Gasteiger charge is -2.30. The molecule has 1 amide bonds. The first-order chi connectivity index (χ1) is 13.3. The maximum absolute atomic E-state index is 13.5. The van der Waals surface area contributed by atoms with Crippen LogP contribution in [-0.4, -0.2) is 38.3 Å². The van der Waals surface area contributed by atoms with Gasteiger partial charge in [-0.2, -0.15) is 4.31 Å². The van der Waals surface area contributed by atoms with Crippen molar-refractivity contribution in [1.29, 1.82) is 0 Å². The molecule has 0 N–H and O–H groups in total. The van der Waals surface area contributed by atoms with Gasteiger partial charge in [-0.3, -0.25) is 4.79 Å². The standard InChI is InChI=1S/C20H22F2N2O3S/c1-3-23(4-2)28(26,27)16-8-10-19-14(12-16)6-5-11-24(19)20(25)15-7-9-17(21)18(22)13-15/h7-10,12-13H,3-6,11H2,1-2H3. The van der Waals surface area contributed by atoms with Gasteiger partial charge in [-0.05, 0) is 54.8 Å². The SMILES string of the molecule is CCN(CC)S(=O)(=O)c1ccc2c(c1)CCCN2C(=O)c1ccc(F)c(F)c1. The highest BCUT2D eigenvalue weighted by Crippen LogP contribution is 2.31. The molecule has 0 saturated carbocycles. The number of halogens is 2. The third-order valence-corrected chi connectivity index (χ3v) is 6.97. The molecule has 5 nitrogen and oxygen atoms in total. The first-order valence-corrected chi connectivity index (χ1v) is 10.6. The number of nitrogens with zero attached hydrogens (tertiary/aromatic N) is 2. The Bertz CT molecular complexity index is 1000. The van der Waals surface area contributed by atoms with E-state index in [0.29, 0.717) is 38.2 Å². The predicted octanol–water partition coefficient (Wildman–Crippen LogP) is 3.59. The van der Waals surface area contributed by atoms with Gasteiger partial charge in [0.2, 0.25) is 10.0 Å². The topological polar surface area (TPSA) is 57.7 Å². The summed E-state index contributed by atoms with van der Waals surface area (Å²) in [6.45, 7) is 4.73. The summed E-state index contributed by atoms with van der Waals surface area (Å²) in [6, 6.07) is 7.76. The molecule has 2 aromatic carbocycles. The van der Waals surface area contributed by atoms with Gasteiger partial charge in [0.1, 0.15) is 0 Å². The summed E-state index contributed by atoms with van der Waals surface area (Å²) >= 11 is 0. The Balaban J connectivity index is 1.97. The minimum atomic E-state index is -3.60. The zero-order chi connectivity index (χ0) is 20.5. The Hall–Kier alpha value is -2.32. The van der Waals surface area contributed by atoms with E-state index in [9.17, 15) is 22.0 Å². The summed E-state index contributed by atoms with van der Waals surface area (Å²) in [5, 5.41) is 0. The summed E-state index contributed by atoms with van der Waals surface area (Å²) in [5.41, 5.74) is 1.39. The molecule has 0 aliphatic carbocycles. The minimum Gasteiger partial charge on any atom is -0.308 e. The monoisotopic (exact) mass is 408 g/mol. The third-order valence-electron chi connectivity index (χ3n) is 4.92. The van der Waals surface area contributed by atoms with Crippen molar-refractivity contribution < 1.29 is 22.0 Å². The maximum Gasteiger partial charge on any atom is 0.258 e. The molecular formula is C20H22F2N2O3S. The number of aryl methyl sites for hydroxylation is 1. The predicted molar refractivity (Wildman–Crippen MR) is 103 cm³/mol. The molecule has 1 heterocycles. The first kappa shape index (κ1) is 20.4. The van der Waals surface area contributed by atoms with Crippen LogP contribution in [0.1, 0.15) is 36.2 Å². The summed E-state index contributed by atoms with van der Waals surface area (Å²) < 4.78 is 53.6. The van der Waals surface area contributed by atoms with E-state index in [1.54, 1.807) is 26.0 Å². The van der Waals surface area contributed by atoms with E-state index < -0.39 is 27.6 Å². The lowest BCUT2D eigenvalue weighted by atomic mass is 10.0. The molecule has 1 aliphatic rings. The van der Waals surface area contributed by atoms with Crippen molar-refractivity contribution in [3.05, 3.63) is 59.2 Å². The number of amides is 1.